The Bertz CT molecular complexity index is 713. The minimum atomic E-state index is 0.00517. The molecule has 0 atom stereocenters. The Morgan fingerprint density at radius 2 is 2.00 bits per heavy atom. The van der Waals surface area contributed by atoms with Crippen molar-refractivity contribution in [1.82, 2.24) is 0 Å². The summed E-state index contributed by atoms with van der Waals surface area (Å²) in [4.78, 5) is 13.8. The Labute approximate surface area is 125 Å². The van der Waals surface area contributed by atoms with Gasteiger partial charge in [0.05, 0.1) is 11.6 Å². The average Bonchev–Trinajstić information content (AvgIpc) is 2.46. The summed E-state index contributed by atoms with van der Waals surface area (Å²) in [5.41, 5.74) is 4.38. The van der Waals surface area contributed by atoms with Crippen LogP contribution in [0.4, 0.5) is 5.69 Å². The van der Waals surface area contributed by atoms with E-state index in [2.05, 4.69) is 31.2 Å². The first kappa shape index (κ1) is 14.8. The van der Waals surface area contributed by atoms with E-state index >= 15 is 0 Å². The highest BCUT2D eigenvalue weighted by molar-refractivity contribution is 6.00. The van der Waals surface area contributed by atoms with Crippen molar-refractivity contribution in [3.63, 3.8) is 0 Å². The smallest absolute Gasteiger partial charge is 0.161 e. The highest BCUT2D eigenvalue weighted by Crippen LogP contribution is 2.23. The molecule has 0 fully saturated rings. The molecular weight excluding hydrogens is 260 g/mol. The second-order valence-corrected chi connectivity index (χ2v) is 5.25. The largest absolute Gasteiger partial charge is 0.370 e. The van der Waals surface area contributed by atoms with E-state index in [9.17, 15) is 4.79 Å². The summed E-state index contributed by atoms with van der Waals surface area (Å²) in [6, 6.07) is 15.6. The van der Waals surface area contributed by atoms with Crippen molar-refractivity contribution in [1.29, 1.82) is 5.26 Å². The van der Waals surface area contributed by atoms with Gasteiger partial charge in [0, 0.05) is 24.8 Å². The fraction of sp³-hybridized carbons (Fsp3) is 0.222. The van der Waals surface area contributed by atoms with Crippen molar-refractivity contribution in [3.8, 4) is 6.07 Å². The Morgan fingerprint density at radius 3 is 2.62 bits per heavy atom. The fourth-order valence-corrected chi connectivity index (χ4v) is 2.38. The van der Waals surface area contributed by atoms with Crippen LogP contribution in [0.5, 0.6) is 0 Å². The molecule has 0 heterocycles. The first-order valence-corrected chi connectivity index (χ1v) is 6.83. The van der Waals surface area contributed by atoms with Gasteiger partial charge in [-0.25, -0.2) is 0 Å². The maximum atomic E-state index is 11.8. The molecule has 106 valence electrons. The summed E-state index contributed by atoms with van der Waals surface area (Å²) in [6.07, 6.45) is 0. The molecule has 0 unspecified atom stereocenters. The minimum Gasteiger partial charge on any atom is -0.370 e. The molecule has 3 heteroatoms. The number of rotatable bonds is 4. The van der Waals surface area contributed by atoms with Gasteiger partial charge in [-0.1, -0.05) is 29.8 Å². The number of nitrogens with zero attached hydrogens (tertiary/aromatic N) is 2. The number of carbonyl (C=O) groups excluding carboxylic acids is 1. The van der Waals surface area contributed by atoms with Crippen LogP contribution in [0.15, 0.2) is 42.5 Å². The first-order chi connectivity index (χ1) is 10.0. The van der Waals surface area contributed by atoms with Gasteiger partial charge in [0.1, 0.15) is 0 Å². The summed E-state index contributed by atoms with van der Waals surface area (Å²) < 4.78 is 0. The van der Waals surface area contributed by atoms with Crippen molar-refractivity contribution in [2.24, 2.45) is 0 Å². The van der Waals surface area contributed by atoms with Gasteiger partial charge in [-0.05, 0) is 37.6 Å². The maximum absolute atomic E-state index is 11.8. The zero-order chi connectivity index (χ0) is 15.4. The quantitative estimate of drug-likeness (QED) is 0.801. The standard InChI is InChI=1S/C18H18N2O/c1-13-5-4-6-16(9-13)12-20(3)18-10-15(11-19)7-8-17(18)14(2)21/h4-10H,12H2,1-3H3. The van der Waals surface area contributed by atoms with Crippen LogP contribution in [0.1, 0.15) is 34.0 Å². The predicted molar refractivity (Wildman–Crippen MR) is 84.4 cm³/mol. The van der Waals surface area contributed by atoms with Crippen molar-refractivity contribution in [3.05, 3.63) is 64.7 Å². The molecule has 21 heavy (non-hydrogen) atoms. The van der Waals surface area contributed by atoms with E-state index in [1.165, 1.54) is 11.1 Å². The zero-order valence-corrected chi connectivity index (χ0v) is 12.6. The lowest BCUT2D eigenvalue weighted by molar-refractivity contribution is 0.101. The van der Waals surface area contributed by atoms with Gasteiger partial charge < -0.3 is 4.90 Å². The molecule has 0 bridgehead atoms. The molecule has 0 aliphatic carbocycles. The molecule has 0 aromatic heterocycles. The van der Waals surface area contributed by atoms with Crippen LogP contribution in [-0.2, 0) is 6.54 Å². The molecule has 0 saturated carbocycles. The number of hydrogen-bond donors (Lipinski definition) is 0. The number of hydrogen-bond acceptors (Lipinski definition) is 3. The molecule has 2 aromatic rings. The molecule has 3 nitrogen and oxygen atoms in total. The lowest BCUT2D eigenvalue weighted by atomic mass is 10.0. The minimum absolute atomic E-state index is 0.00517. The second-order valence-electron chi connectivity index (χ2n) is 5.25. The molecule has 0 aliphatic rings. The van der Waals surface area contributed by atoms with E-state index in [-0.39, 0.29) is 5.78 Å². The van der Waals surface area contributed by atoms with Crippen molar-refractivity contribution < 1.29 is 4.79 Å². The van der Waals surface area contributed by atoms with Gasteiger partial charge in [-0.3, -0.25) is 4.79 Å². The van der Waals surface area contributed by atoms with Crippen LogP contribution < -0.4 is 4.90 Å². The molecular formula is C18H18N2O. The molecule has 0 N–H and O–H groups in total. The topological polar surface area (TPSA) is 44.1 Å². The molecule has 0 saturated heterocycles. The fourth-order valence-electron chi connectivity index (χ4n) is 2.38. The maximum Gasteiger partial charge on any atom is 0.161 e. The summed E-state index contributed by atoms with van der Waals surface area (Å²) in [7, 11) is 1.94. The van der Waals surface area contributed by atoms with Crippen LogP contribution in [0.3, 0.4) is 0 Å². The Hall–Kier alpha value is -2.60. The summed E-state index contributed by atoms with van der Waals surface area (Å²) in [5.74, 6) is 0.00517. The number of carbonyl (C=O) groups is 1. The van der Waals surface area contributed by atoms with Crippen LogP contribution in [-0.4, -0.2) is 12.8 Å². The number of ketones is 1. The number of aryl methyl sites for hydroxylation is 1. The highest BCUT2D eigenvalue weighted by atomic mass is 16.1. The summed E-state index contributed by atoms with van der Waals surface area (Å²) >= 11 is 0. The van der Waals surface area contributed by atoms with Crippen LogP contribution in [0.2, 0.25) is 0 Å². The molecule has 2 rings (SSSR count). The van der Waals surface area contributed by atoms with Gasteiger partial charge in [0.25, 0.3) is 0 Å². The summed E-state index contributed by atoms with van der Waals surface area (Å²) in [5, 5.41) is 9.05. The third kappa shape index (κ3) is 3.49. The lowest BCUT2D eigenvalue weighted by Crippen LogP contribution is -2.19. The molecule has 0 amide bonds. The van der Waals surface area contributed by atoms with Gasteiger partial charge in [-0.15, -0.1) is 0 Å². The van der Waals surface area contributed by atoms with E-state index in [4.69, 9.17) is 5.26 Å². The van der Waals surface area contributed by atoms with Crippen LogP contribution in [0, 0.1) is 18.3 Å². The summed E-state index contributed by atoms with van der Waals surface area (Å²) in [6.45, 7) is 4.29. The van der Waals surface area contributed by atoms with Crippen LogP contribution in [0.25, 0.3) is 0 Å². The Morgan fingerprint density at radius 1 is 1.24 bits per heavy atom. The van der Waals surface area contributed by atoms with Crippen molar-refractivity contribution in [2.45, 2.75) is 20.4 Å². The Kier molecular flexibility index (Phi) is 4.39. The van der Waals surface area contributed by atoms with Gasteiger partial charge >= 0.3 is 0 Å². The second kappa shape index (κ2) is 6.23. The number of anilines is 1. The third-order valence-electron chi connectivity index (χ3n) is 3.42. The van der Waals surface area contributed by atoms with E-state index in [1.54, 1.807) is 25.1 Å². The van der Waals surface area contributed by atoms with Crippen molar-refractivity contribution in [2.75, 3.05) is 11.9 Å². The zero-order valence-electron chi connectivity index (χ0n) is 12.6. The number of benzene rings is 2. The van der Waals surface area contributed by atoms with Crippen LogP contribution >= 0.6 is 0 Å². The molecule has 0 aliphatic heterocycles. The Balaban J connectivity index is 2.35. The predicted octanol–water partition coefficient (Wildman–Crippen LogP) is 3.71. The normalized spacial score (nSPS) is 10.0. The molecule has 2 aromatic carbocycles. The highest BCUT2D eigenvalue weighted by Gasteiger charge is 2.12. The number of nitriles is 1. The monoisotopic (exact) mass is 278 g/mol. The van der Waals surface area contributed by atoms with Crippen molar-refractivity contribution >= 4 is 11.5 Å². The number of Topliss-reactive ketones (excluding diaryl/α,β-unsaturated/α-hetero) is 1. The average molecular weight is 278 g/mol. The van der Waals surface area contributed by atoms with Gasteiger partial charge in [-0.2, -0.15) is 5.26 Å². The van der Waals surface area contributed by atoms with Gasteiger partial charge in [0.2, 0.25) is 0 Å². The molecule has 0 spiro atoms. The van der Waals surface area contributed by atoms with Gasteiger partial charge in [0.15, 0.2) is 5.78 Å². The van der Waals surface area contributed by atoms with E-state index in [0.717, 1.165) is 5.69 Å². The van der Waals surface area contributed by atoms with E-state index < -0.39 is 0 Å². The first-order valence-electron chi connectivity index (χ1n) is 6.83. The van der Waals surface area contributed by atoms with E-state index in [0.29, 0.717) is 17.7 Å². The lowest BCUT2D eigenvalue weighted by Gasteiger charge is -2.22. The SMILES string of the molecule is CC(=O)c1ccc(C#N)cc1N(C)Cc1cccc(C)c1. The molecule has 0 radical (unpaired) electrons. The van der Waals surface area contributed by atoms with E-state index in [1.807, 2.05) is 18.0 Å². The third-order valence-corrected chi connectivity index (χ3v) is 3.42.